The van der Waals surface area contributed by atoms with Gasteiger partial charge in [-0.2, -0.15) is 0 Å². The Morgan fingerprint density at radius 2 is 1.71 bits per heavy atom. The Morgan fingerprint density at radius 1 is 1.19 bits per heavy atom. The van der Waals surface area contributed by atoms with E-state index >= 15 is 0 Å². The zero-order valence-electron chi connectivity index (χ0n) is 10.7. The van der Waals surface area contributed by atoms with Gasteiger partial charge < -0.3 is 45.6 Å². The molecule has 0 aliphatic carbocycles. The Morgan fingerprint density at radius 3 is 1.95 bits per heavy atom. The van der Waals surface area contributed by atoms with Crippen molar-refractivity contribution in [1.82, 2.24) is 0 Å². The summed E-state index contributed by atoms with van der Waals surface area (Å²) in [4.78, 5) is 20.4. The number of aliphatic carboxylic acids is 1. The Kier molecular flexibility index (Phi) is 8.27. The van der Waals surface area contributed by atoms with E-state index in [0.29, 0.717) is 0 Å². The Balaban J connectivity index is 0.000000382. The van der Waals surface area contributed by atoms with Gasteiger partial charge in [0.15, 0.2) is 18.3 Å². The molecule has 11 heteroatoms. The molecule has 0 spiro atoms. The number of ether oxygens (including phenoxy) is 1. The second-order valence-corrected chi connectivity index (χ2v) is 4.12. The zero-order valence-corrected chi connectivity index (χ0v) is 10.7. The molecule has 0 aromatic heterocycles. The Labute approximate surface area is 118 Å². The van der Waals surface area contributed by atoms with Crippen molar-refractivity contribution in [3.8, 4) is 0 Å². The van der Waals surface area contributed by atoms with Crippen molar-refractivity contribution in [1.29, 1.82) is 0 Å². The number of rotatable bonds is 5. The lowest BCUT2D eigenvalue weighted by Gasteiger charge is -2.17. The predicted molar refractivity (Wildman–Crippen MR) is 61.7 cm³/mol. The van der Waals surface area contributed by atoms with Gasteiger partial charge in [0.2, 0.25) is 0 Å². The molecule has 1 saturated heterocycles. The van der Waals surface area contributed by atoms with Gasteiger partial charge in [-0.1, -0.05) is 0 Å². The van der Waals surface area contributed by atoms with Crippen LogP contribution in [0.25, 0.3) is 0 Å². The van der Waals surface area contributed by atoms with Crippen LogP contribution in [0.4, 0.5) is 0 Å². The van der Waals surface area contributed by atoms with E-state index in [2.05, 4.69) is 4.74 Å². The fourth-order valence-electron chi connectivity index (χ4n) is 1.24. The van der Waals surface area contributed by atoms with Crippen LogP contribution in [0.5, 0.6) is 0 Å². The molecule has 0 aromatic carbocycles. The average Bonchev–Trinajstić information content (AvgIpc) is 2.72. The van der Waals surface area contributed by atoms with E-state index in [-0.39, 0.29) is 0 Å². The van der Waals surface area contributed by atoms with Gasteiger partial charge in [-0.15, -0.1) is 0 Å². The Bertz CT molecular complexity index is 346. The molecule has 0 aromatic rings. The van der Waals surface area contributed by atoms with E-state index in [0.717, 1.165) is 0 Å². The smallest absolute Gasteiger partial charge is 0.338 e. The fraction of sp³-hybridized carbons (Fsp3) is 0.800. The number of aliphatic hydroxyl groups is 7. The molecule has 1 heterocycles. The van der Waals surface area contributed by atoms with Crippen molar-refractivity contribution in [3.05, 3.63) is 0 Å². The van der Waals surface area contributed by atoms with Crippen molar-refractivity contribution >= 4 is 11.9 Å². The van der Waals surface area contributed by atoms with Crippen molar-refractivity contribution < 1.29 is 55.2 Å². The Hall–Kier alpha value is -1.34. The van der Waals surface area contributed by atoms with E-state index < -0.39 is 61.8 Å². The summed E-state index contributed by atoms with van der Waals surface area (Å²) in [6.45, 7) is -1.27. The lowest BCUT2D eigenvalue weighted by Crippen LogP contribution is -2.43. The molecule has 6 atom stereocenters. The van der Waals surface area contributed by atoms with Crippen LogP contribution >= 0.6 is 0 Å². The number of carbonyl (C=O) groups is 2. The third kappa shape index (κ3) is 5.51. The van der Waals surface area contributed by atoms with E-state index in [4.69, 9.17) is 40.9 Å². The number of cyclic esters (lactones) is 1. The third-order valence-corrected chi connectivity index (χ3v) is 2.55. The first-order chi connectivity index (χ1) is 9.67. The number of esters is 1. The molecule has 8 N–H and O–H groups in total. The number of hydrogen-bond donors (Lipinski definition) is 8. The van der Waals surface area contributed by atoms with Gasteiger partial charge in [-0.3, -0.25) is 0 Å². The van der Waals surface area contributed by atoms with Gasteiger partial charge >= 0.3 is 11.9 Å². The average molecular weight is 314 g/mol. The first-order valence-electron chi connectivity index (χ1n) is 5.72. The van der Waals surface area contributed by atoms with Gasteiger partial charge in [-0.25, -0.2) is 9.59 Å². The summed E-state index contributed by atoms with van der Waals surface area (Å²) in [5, 5.41) is 68.3. The summed E-state index contributed by atoms with van der Waals surface area (Å²) >= 11 is 0. The number of hydrogen-bond acceptors (Lipinski definition) is 10. The number of carboxylic acid groups (broad SMARTS) is 1. The molecule has 0 saturated carbocycles. The maximum absolute atomic E-state index is 10.4. The molecule has 1 aliphatic rings. The molecule has 1 rings (SSSR count). The highest BCUT2D eigenvalue weighted by Crippen LogP contribution is 2.14. The summed E-state index contributed by atoms with van der Waals surface area (Å²) in [7, 11) is 0. The molecule has 0 amide bonds. The summed E-state index contributed by atoms with van der Waals surface area (Å²) in [5.74, 6) is -2.53. The molecule has 124 valence electrons. The van der Waals surface area contributed by atoms with Gasteiger partial charge in [0.1, 0.15) is 18.3 Å². The van der Waals surface area contributed by atoms with Gasteiger partial charge in [0.25, 0.3) is 0 Å². The second kappa shape index (κ2) is 8.84. The van der Waals surface area contributed by atoms with Gasteiger partial charge in [-0.05, 0) is 0 Å². The number of carboxylic acids is 1. The summed E-state index contributed by atoms with van der Waals surface area (Å²) in [6, 6.07) is 0. The van der Waals surface area contributed by atoms with Crippen LogP contribution in [0.2, 0.25) is 0 Å². The second-order valence-electron chi connectivity index (χ2n) is 4.12. The standard InChI is InChI=1S/C5H10O6.C5H8O5/c6-1-2(7)3(8)4(9)5(10)11;6-1-2-3(7)4(8)5(9)10-2/h2-4,6-9H,1H2,(H,10,11);2-4,6-8H,1H2/t2*2-,3+,4-/m10/s1. The van der Waals surface area contributed by atoms with Crippen LogP contribution < -0.4 is 0 Å². The molecule has 11 nitrogen and oxygen atoms in total. The summed E-state index contributed by atoms with van der Waals surface area (Å²) < 4.78 is 4.35. The molecular formula is C10H18O11. The minimum Gasteiger partial charge on any atom is -0.479 e. The predicted octanol–water partition coefficient (Wildman–Crippen LogP) is -5.23. The van der Waals surface area contributed by atoms with Crippen molar-refractivity contribution in [2.45, 2.75) is 36.6 Å². The lowest BCUT2D eigenvalue weighted by molar-refractivity contribution is -0.159. The lowest BCUT2D eigenvalue weighted by atomic mass is 10.1. The summed E-state index contributed by atoms with van der Waals surface area (Å²) in [5.41, 5.74) is 0. The quantitative estimate of drug-likeness (QED) is 0.225. The van der Waals surface area contributed by atoms with E-state index in [1.807, 2.05) is 0 Å². The minimum absolute atomic E-state index is 0.468. The zero-order chi connectivity index (χ0) is 16.7. The first kappa shape index (κ1) is 19.7. The fourth-order valence-corrected chi connectivity index (χ4v) is 1.24. The summed E-state index contributed by atoms with van der Waals surface area (Å²) in [6.07, 6.45) is -9.34. The van der Waals surface area contributed by atoms with Crippen LogP contribution in [0.15, 0.2) is 0 Å². The largest absolute Gasteiger partial charge is 0.479 e. The number of aliphatic hydroxyl groups excluding tert-OH is 7. The van der Waals surface area contributed by atoms with E-state index in [1.54, 1.807) is 0 Å². The van der Waals surface area contributed by atoms with Crippen LogP contribution in [0, 0.1) is 0 Å². The molecular weight excluding hydrogens is 296 g/mol. The highest BCUT2D eigenvalue weighted by molar-refractivity contribution is 5.77. The van der Waals surface area contributed by atoms with Crippen LogP contribution in [0.1, 0.15) is 0 Å². The molecule has 21 heavy (non-hydrogen) atoms. The monoisotopic (exact) mass is 314 g/mol. The van der Waals surface area contributed by atoms with Gasteiger partial charge in [0.05, 0.1) is 13.2 Å². The van der Waals surface area contributed by atoms with E-state index in [1.165, 1.54) is 0 Å². The van der Waals surface area contributed by atoms with Crippen LogP contribution in [0.3, 0.4) is 0 Å². The molecule has 0 unspecified atom stereocenters. The minimum atomic E-state index is -2.07. The first-order valence-corrected chi connectivity index (χ1v) is 5.72. The third-order valence-electron chi connectivity index (χ3n) is 2.55. The van der Waals surface area contributed by atoms with Crippen LogP contribution in [-0.4, -0.2) is 103 Å². The number of carbonyl (C=O) groups excluding carboxylic acids is 1. The molecule has 0 radical (unpaired) electrons. The van der Waals surface area contributed by atoms with Crippen molar-refractivity contribution in [3.63, 3.8) is 0 Å². The van der Waals surface area contributed by atoms with Crippen molar-refractivity contribution in [2.75, 3.05) is 13.2 Å². The maximum Gasteiger partial charge on any atom is 0.338 e. The highest BCUT2D eigenvalue weighted by atomic mass is 16.6. The van der Waals surface area contributed by atoms with Crippen molar-refractivity contribution in [2.24, 2.45) is 0 Å². The topological polar surface area (TPSA) is 205 Å². The van der Waals surface area contributed by atoms with E-state index in [9.17, 15) is 9.59 Å². The van der Waals surface area contributed by atoms with Crippen LogP contribution in [-0.2, 0) is 14.3 Å². The van der Waals surface area contributed by atoms with Gasteiger partial charge in [0, 0.05) is 0 Å². The molecule has 1 aliphatic heterocycles. The highest BCUT2D eigenvalue weighted by Gasteiger charge is 2.41. The maximum atomic E-state index is 10.4. The SMILES string of the molecule is O=C(O)[C@H](O)[C@@H](O)[C@H](O)CO.O=C1O[C@@H](CO)[C@@H](O)[C@@H]1O. The molecule has 0 bridgehead atoms. The normalized spacial score (nSPS) is 28.9. The molecule has 1 fully saturated rings.